The molecular weight excluding hydrogens is 259 g/mol. The van der Waals surface area contributed by atoms with Crippen LogP contribution in [0.2, 0.25) is 0 Å². The van der Waals surface area contributed by atoms with E-state index < -0.39 is 11.9 Å². The number of aliphatic hydroxyl groups excluding tert-OH is 2. The largest absolute Gasteiger partial charge is 0.393 e. The molecule has 0 saturated heterocycles. The van der Waals surface area contributed by atoms with Crippen molar-refractivity contribution < 1.29 is 14.6 Å². The van der Waals surface area contributed by atoms with E-state index in [9.17, 15) is 14.6 Å². The molecular formula is C15H23FN2O2. The van der Waals surface area contributed by atoms with E-state index >= 15 is 0 Å². The molecule has 2 rings (SSSR count). The topological polar surface area (TPSA) is 56.6 Å². The van der Waals surface area contributed by atoms with Crippen LogP contribution in [0.25, 0.3) is 0 Å². The van der Waals surface area contributed by atoms with Gasteiger partial charge in [0.25, 0.3) is 0 Å². The molecule has 0 bridgehead atoms. The average Bonchev–Trinajstić information content (AvgIpc) is 2.37. The molecule has 0 amide bonds. The summed E-state index contributed by atoms with van der Waals surface area (Å²) >= 11 is 0. The van der Waals surface area contributed by atoms with E-state index in [1.54, 1.807) is 0 Å². The molecule has 0 spiro atoms. The molecule has 2 atom stereocenters. The van der Waals surface area contributed by atoms with Crippen LogP contribution in [-0.4, -0.2) is 46.3 Å². The van der Waals surface area contributed by atoms with E-state index in [-0.39, 0.29) is 12.0 Å². The lowest BCUT2D eigenvalue weighted by Crippen LogP contribution is -2.39. The summed E-state index contributed by atoms with van der Waals surface area (Å²) in [5.74, 6) is 0.181. The van der Waals surface area contributed by atoms with E-state index in [0.29, 0.717) is 11.6 Å². The van der Waals surface area contributed by atoms with E-state index in [1.807, 2.05) is 14.0 Å². The second-order valence-electron chi connectivity index (χ2n) is 6.04. The minimum absolute atomic E-state index is 0.0166. The number of pyridine rings is 1. The van der Waals surface area contributed by atoms with Crippen molar-refractivity contribution in [1.29, 1.82) is 0 Å². The molecule has 0 aliphatic heterocycles. The summed E-state index contributed by atoms with van der Waals surface area (Å²) in [6.07, 6.45) is 2.07. The number of nitrogens with zero attached hydrogens (tertiary/aromatic N) is 2. The summed E-state index contributed by atoms with van der Waals surface area (Å²) in [5.41, 5.74) is 0.506. The van der Waals surface area contributed by atoms with Crippen LogP contribution >= 0.6 is 0 Å². The molecule has 112 valence electrons. The van der Waals surface area contributed by atoms with Crippen molar-refractivity contribution in [3.8, 4) is 0 Å². The van der Waals surface area contributed by atoms with Gasteiger partial charge in [-0.1, -0.05) is 6.92 Å². The third kappa shape index (κ3) is 3.98. The third-order valence-electron chi connectivity index (χ3n) is 3.97. The highest BCUT2D eigenvalue weighted by Gasteiger charge is 2.28. The zero-order valence-corrected chi connectivity index (χ0v) is 12.0. The number of halogens is 1. The second kappa shape index (κ2) is 6.61. The van der Waals surface area contributed by atoms with Crippen molar-refractivity contribution in [1.82, 2.24) is 9.88 Å². The van der Waals surface area contributed by atoms with Crippen LogP contribution in [0, 0.1) is 17.7 Å². The monoisotopic (exact) mass is 282 g/mol. The molecule has 1 aromatic heterocycles. The fraction of sp³-hybridized carbons (Fsp3) is 0.667. The van der Waals surface area contributed by atoms with Crippen molar-refractivity contribution in [3.05, 3.63) is 29.8 Å². The van der Waals surface area contributed by atoms with Gasteiger partial charge in [0.1, 0.15) is 5.82 Å². The summed E-state index contributed by atoms with van der Waals surface area (Å²) in [7, 11) is 2.02. The first-order valence-corrected chi connectivity index (χ1v) is 7.12. The highest BCUT2D eigenvalue weighted by atomic mass is 19.1. The van der Waals surface area contributed by atoms with Gasteiger partial charge in [-0.3, -0.25) is 4.98 Å². The maximum absolute atomic E-state index is 12.8. The van der Waals surface area contributed by atoms with Gasteiger partial charge in [0.15, 0.2) is 0 Å². The van der Waals surface area contributed by atoms with Crippen molar-refractivity contribution >= 4 is 0 Å². The van der Waals surface area contributed by atoms with Gasteiger partial charge in [-0.05, 0) is 37.9 Å². The average molecular weight is 282 g/mol. The Morgan fingerprint density at radius 1 is 1.45 bits per heavy atom. The first kappa shape index (κ1) is 15.4. The van der Waals surface area contributed by atoms with Crippen LogP contribution in [0.5, 0.6) is 0 Å². The standard InChI is InChI=1S/C15H23FN2O2/c1-10(8-18(2)9-11-5-13(19)6-11)15(20)14-4-3-12(16)7-17-14/h3-4,7,10-11,13,15,19-20H,5-6,8-9H2,1-2H3. The fourth-order valence-electron chi connectivity index (χ4n) is 2.81. The van der Waals surface area contributed by atoms with Crippen LogP contribution in [0.4, 0.5) is 4.39 Å². The lowest BCUT2D eigenvalue weighted by Gasteiger charge is -2.35. The van der Waals surface area contributed by atoms with Crippen LogP contribution < -0.4 is 0 Å². The van der Waals surface area contributed by atoms with Crippen molar-refractivity contribution in [2.75, 3.05) is 20.1 Å². The molecule has 0 radical (unpaired) electrons. The highest BCUT2D eigenvalue weighted by Crippen LogP contribution is 2.28. The molecule has 1 aromatic rings. The predicted molar refractivity (Wildman–Crippen MR) is 74.5 cm³/mol. The first-order valence-electron chi connectivity index (χ1n) is 7.12. The molecule has 1 saturated carbocycles. The van der Waals surface area contributed by atoms with Gasteiger partial charge in [0.05, 0.1) is 24.1 Å². The van der Waals surface area contributed by atoms with Gasteiger partial charge < -0.3 is 15.1 Å². The van der Waals surface area contributed by atoms with Gasteiger partial charge in [-0.2, -0.15) is 0 Å². The summed E-state index contributed by atoms with van der Waals surface area (Å²) in [6, 6.07) is 2.84. The van der Waals surface area contributed by atoms with E-state index in [2.05, 4.69) is 9.88 Å². The smallest absolute Gasteiger partial charge is 0.141 e. The number of aromatic nitrogens is 1. The van der Waals surface area contributed by atoms with E-state index in [1.165, 1.54) is 12.1 Å². The van der Waals surface area contributed by atoms with Gasteiger partial charge in [0.2, 0.25) is 0 Å². The molecule has 1 aliphatic carbocycles. The normalized spacial score (nSPS) is 25.3. The third-order valence-corrected chi connectivity index (χ3v) is 3.97. The minimum atomic E-state index is -0.690. The Bertz CT molecular complexity index is 420. The fourth-order valence-corrected chi connectivity index (χ4v) is 2.81. The number of hydrogen-bond donors (Lipinski definition) is 2. The number of hydrogen-bond acceptors (Lipinski definition) is 4. The van der Waals surface area contributed by atoms with E-state index in [0.717, 1.165) is 32.1 Å². The van der Waals surface area contributed by atoms with Crippen molar-refractivity contribution in [2.24, 2.45) is 11.8 Å². The highest BCUT2D eigenvalue weighted by molar-refractivity contribution is 5.08. The lowest BCUT2D eigenvalue weighted by atomic mass is 9.82. The zero-order chi connectivity index (χ0) is 14.7. The Hall–Kier alpha value is -1.04. The summed E-state index contributed by atoms with van der Waals surface area (Å²) < 4.78 is 12.8. The van der Waals surface area contributed by atoms with E-state index in [4.69, 9.17) is 0 Å². The van der Waals surface area contributed by atoms with Crippen LogP contribution in [0.1, 0.15) is 31.6 Å². The maximum Gasteiger partial charge on any atom is 0.141 e. The molecule has 0 aromatic carbocycles. The Morgan fingerprint density at radius 2 is 2.15 bits per heavy atom. The number of rotatable bonds is 6. The summed E-state index contributed by atoms with van der Waals surface area (Å²) in [6.45, 7) is 3.64. The van der Waals surface area contributed by atoms with Crippen LogP contribution in [0.15, 0.2) is 18.3 Å². The first-order chi connectivity index (χ1) is 9.45. The van der Waals surface area contributed by atoms with Crippen LogP contribution in [-0.2, 0) is 0 Å². The van der Waals surface area contributed by atoms with Crippen LogP contribution in [0.3, 0.4) is 0 Å². The number of aliphatic hydroxyl groups is 2. The molecule has 1 fully saturated rings. The van der Waals surface area contributed by atoms with Gasteiger partial charge >= 0.3 is 0 Å². The molecule has 5 heteroatoms. The second-order valence-corrected chi connectivity index (χ2v) is 6.04. The summed E-state index contributed by atoms with van der Waals surface area (Å²) in [4.78, 5) is 6.10. The molecule has 20 heavy (non-hydrogen) atoms. The maximum atomic E-state index is 12.8. The lowest BCUT2D eigenvalue weighted by molar-refractivity contribution is 0.0207. The van der Waals surface area contributed by atoms with Gasteiger partial charge in [0, 0.05) is 19.0 Å². The molecule has 2 N–H and O–H groups in total. The Morgan fingerprint density at radius 3 is 2.70 bits per heavy atom. The molecule has 1 aliphatic rings. The molecule has 1 heterocycles. The quantitative estimate of drug-likeness (QED) is 0.832. The Balaban J connectivity index is 1.80. The zero-order valence-electron chi connectivity index (χ0n) is 12.0. The minimum Gasteiger partial charge on any atom is -0.393 e. The molecule has 2 unspecified atom stereocenters. The predicted octanol–water partition coefficient (Wildman–Crippen LogP) is 1.59. The van der Waals surface area contributed by atoms with Crippen molar-refractivity contribution in [3.63, 3.8) is 0 Å². The SMILES string of the molecule is CC(CN(C)CC1CC(O)C1)C(O)c1ccc(F)cn1. The van der Waals surface area contributed by atoms with Crippen molar-refractivity contribution in [2.45, 2.75) is 32.0 Å². The Kier molecular flexibility index (Phi) is 5.07. The molecule has 4 nitrogen and oxygen atoms in total. The summed E-state index contributed by atoms with van der Waals surface area (Å²) in [5, 5.41) is 19.5. The van der Waals surface area contributed by atoms with Gasteiger partial charge in [-0.25, -0.2) is 4.39 Å². The van der Waals surface area contributed by atoms with Gasteiger partial charge in [-0.15, -0.1) is 0 Å². The Labute approximate surface area is 119 Å².